The number of hydrogen-bond acceptors (Lipinski definition) is 6. The molecule has 0 N–H and O–H groups in total. The van der Waals surface area contributed by atoms with E-state index in [1.165, 1.54) is 20.2 Å². The number of pyridine rings is 1. The lowest BCUT2D eigenvalue weighted by Gasteiger charge is -2.05. The zero-order valence-electron chi connectivity index (χ0n) is 11.3. The predicted molar refractivity (Wildman–Crippen MR) is 72.7 cm³/mol. The summed E-state index contributed by atoms with van der Waals surface area (Å²) in [5, 5.41) is 4.16. The summed E-state index contributed by atoms with van der Waals surface area (Å²) in [7, 11) is -1.79. The Labute approximate surface area is 125 Å². The van der Waals surface area contributed by atoms with Gasteiger partial charge in [-0.15, -0.1) is 0 Å². The highest BCUT2D eigenvalue weighted by atomic mass is 35.5. The third kappa shape index (κ3) is 3.14. The van der Waals surface area contributed by atoms with Crippen molar-refractivity contribution in [2.75, 3.05) is 7.11 Å². The lowest BCUT2D eigenvalue weighted by Crippen LogP contribution is -2.13. The standard InChI is InChI=1S/C11H11ClFN3O4S/c1-6-9(10-8(13)4-7(12)5-14-10)15-16(2)11(6)20-21(17,18)19-3/h4-5H,1-3H3. The Bertz CT molecular complexity index is 791. The minimum atomic E-state index is -4.20. The van der Waals surface area contributed by atoms with E-state index in [1.807, 2.05) is 0 Å². The average molecular weight is 336 g/mol. The average Bonchev–Trinajstić information content (AvgIpc) is 2.66. The van der Waals surface area contributed by atoms with Crippen molar-refractivity contribution in [2.45, 2.75) is 6.92 Å². The van der Waals surface area contributed by atoms with Crippen LogP contribution in [0.2, 0.25) is 5.02 Å². The summed E-state index contributed by atoms with van der Waals surface area (Å²) in [6, 6.07) is 1.09. The van der Waals surface area contributed by atoms with Crippen molar-refractivity contribution in [1.82, 2.24) is 14.8 Å². The fourth-order valence-electron chi connectivity index (χ4n) is 1.68. The Morgan fingerprint density at radius 2 is 2.05 bits per heavy atom. The molecule has 0 saturated heterocycles. The van der Waals surface area contributed by atoms with E-state index in [-0.39, 0.29) is 22.3 Å². The number of halogens is 2. The van der Waals surface area contributed by atoms with Crippen LogP contribution in [0, 0.1) is 12.7 Å². The van der Waals surface area contributed by atoms with Crippen LogP contribution in [0.25, 0.3) is 11.4 Å². The van der Waals surface area contributed by atoms with Gasteiger partial charge in [-0.3, -0.25) is 0 Å². The summed E-state index contributed by atoms with van der Waals surface area (Å²) in [4.78, 5) is 3.86. The normalized spacial score (nSPS) is 11.7. The zero-order chi connectivity index (χ0) is 15.8. The molecular weight excluding hydrogens is 325 g/mol. The summed E-state index contributed by atoms with van der Waals surface area (Å²) in [5.74, 6) is -0.771. The molecule has 0 fully saturated rings. The maximum Gasteiger partial charge on any atom is 0.450 e. The smallest absolute Gasteiger partial charge is 0.341 e. The Hall–Kier alpha value is -1.71. The lowest BCUT2D eigenvalue weighted by molar-refractivity contribution is 0.320. The summed E-state index contributed by atoms with van der Waals surface area (Å²) in [6.45, 7) is 1.53. The van der Waals surface area contributed by atoms with Crippen LogP contribution >= 0.6 is 11.6 Å². The first-order chi connectivity index (χ1) is 9.75. The molecule has 0 amide bonds. The van der Waals surface area contributed by atoms with Gasteiger partial charge in [0.25, 0.3) is 0 Å². The second-order valence-corrected chi connectivity index (χ2v) is 5.80. The van der Waals surface area contributed by atoms with Crippen LogP contribution < -0.4 is 4.18 Å². The molecule has 21 heavy (non-hydrogen) atoms. The Morgan fingerprint density at radius 1 is 1.38 bits per heavy atom. The number of aryl methyl sites for hydroxylation is 1. The molecule has 0 spiro atoms. The van der Waals surface area contributed by atoms with Gasteiger partial charge < -0.3 is 4.18 Å². The Kier molecular flexibility index (Phi) is 4.17. The van der Waals surface area contributed by atoms with Gasteiger partial charge >= 0.3 is 10.4 Å². The van der Waals surface area contributed by atoms with Crippen molar-refractivity contribution in [2.24, 2.45) is 7.05 Å². The summed E-state index contributed by atoms with van der Waals surface area (Å²) in [5.41, 5.74) is 0.386. The number of hydrogen-bond donors (Lipinski definition) is 0. The van der Waals surface area contributed by atoms with Gasteiger partial charge in [-0.05, 0) is 13.0 Å². The molecule has 0 atom stereocenters. The molecule has 0 radical (unpaired) electrons. The quantitative estimate of drug-likeness (QED) is 0.848. The Balaban J connectivity index is 2.53. The van der Waals surface area contributed by atoms with Crippen molar-refractivity contribution in [3.63, 3.8) is 0 Å². The summed E-state index contributed by atoms with van der Waals surface area (Å²) < 4.78 is 46.7. The fraction of sp³-hybridized carbons (Fsp3) is 0.273. The van der Waals surface area contributed by atoms with Crippen molar-refractivity contribution < 1.29 is 21.2 Å². The zero-order valence-corrected chi connectivity index (χ0v) is 12.9. The fourth-order valence-corrected chi connectivity index (χ4v) is 2.31. The minimum absolute atomic E-state index is 0.0582. The highest BCUT2D eigenvalue weighted by Crippen LogP contribution is 2.31. The molecule has 0 bridgehead atoms. The maximum absolute atomic E-state index is 13.9. The van der Waals surface area contributed by atoms with Gasteiger partial charge in [-0.25, -0.2) is 18.2 Å². The van der Waals surface area contributed by atoms with Gasteiger partial charge in [0.05, 0.1) is 12.1 Å². The first-order valence-corrected chi connectivity index (χ1v) is 7.31. The van der Waals surface area contributed by atoms with Crippen LogP contribution in [-0.2, 0) is 21.6 Å². The molecule has 0 unspecified atom stereocenters. The van der Waals surface area contributed by atoms with Gasteiger partial charge in [0, 0.05) is 18.8 Å². The van der Waals surface area contributed by atoms with Crippen molar-refractivity contribution >= 4 is 22.0 Å². The first kappa shape index (κ1) is 15.7. The first-order valence-electron chi connectivity index (χ1n) is 5.60. The summed E-state index contributed by atoms with van der Waals surface area (Å²) in [6.07, 6.45) is 1.26. The molecule has 2 aromatic rings. The van der Waals surface area contributed by atoms with Crippen LogP contribution in [-0.4, -0.2) is 30.3 Å². The van der Waals surface area contributed by atoms with E-state index in [0.717, 1.165) is 17.9 Å². The van der Waals surface area contributed by atoms with Gasteiger partial charge in [0.15, 0.2) is 5.82 Å². The highest BCUT2D eigenvalue weighted by Gasteiger charge is 2.23. The van der Waals surface area contributed by atoms with Crippen LogP contribution in [0.5, 0.6) is 5.88 Å². The predicted octanol–water partition coefficient (Wildman–Crippen LogP) is 1.85. The molecule has 10 heteroatoms. The van der Waals surface area contributed by atoms with Gasteiger partial charge in [0.1, 0.15) is 11.4 Å². The largest absolute Gasteiger partial charge is 0.450 e. The van der Waals surface area contributed by atoms with Crippen LogP contribution in [0.3, 0.4) is 0 Å². The van der Waals surface area contributed by atoms with Gasteiger partial charge in [0.2, 0.25) is 5.88 Å². The SMILES string of the molecule is COS(=O)(=O)Oc1c(C)c(-c2ncc(Cl)cc2F)nn1C. The monoisotopic (exact) mass is 335 g/mol. The molecule has 0 saturated carbocycles. The van der Waals surface area contributed by atoms with E-state index < -0.39 is 16.2 Å². The van der Waals surface area contributed by atoms with Crippen molar-refractivity contribution in [3.8, 4) is 17.3 Å². The molecule has 114 valence electrons. The Morgan fingerprint density at radius 3 is 2.62 bits per heavy atom. The maximum atomic E-state index is 13.9. The second-order valence-electron chi connectivity index (χ2n) is 4.04. The van der Waals surface area contributed by atoms with E-state index in [0.29, 0.717) is 5.56 Å². The van der Waals surface area contributed by atoms with Crippen LogP contribution in [0.4, 0.5) is 4.39 Å². The lowest BCUT2D eigenvalue weighted by atomic mass is 10.2. The molecule has 0 aliphatic rings. The van der Waals surface area contributed by atoms with E-state index in [4.69, 9.17) is 15.8 Å². The van der Waals surface area contributed by atoms with E-state index in [2.05, 4.69) is 14.3 Å². The number of nitrogens with zero attached hydrogens (tertiary/aromatic N) is 3. The van der Waals surface area contributed by atoms with E-state index >= 15 is 0 Å². The molecule has 2 rings (SSSR count). The van der Waals surface area contributed by atoms with E-state index in [1.54, 1.807) is 0 Å². The van der Waals surface area contributed by atoms with Crippen LogP contribution in [0.15, 0.2) is 12.3 Å². The molecule has 0 aliphatic heterocycles. The summed E-state index contributed by atoms with van der Waals surface area (Å²) >= 11 is 5.64. The van der Waals surface area contributed by atoms with Gasteiger partial charge in [-0.2, -0.15) is 13.5 Å². The molecule has 0 aliphatic carbocycles. The third-order valence-corrected chi connectivity index (χ3v) is 3.61. The molecule has 2 aromatic heterocycles. The van der Waals surface area contributed by atoms with Crippen molar-refractivity contribution in [1.29, 1.82) is 0 Å². The number of rotatable bonds is 4. The van der Waals surface area contributed by atoms with E-state index in [9.17, 15) is 12.8 Å². The number of aromatic nitrogens is 3. The van der Waals surface area contributed by atoms with Crippen LogP contribution in [0.1, 0.15) is 5.56 Å². The second kappa shape index (κ2) is 5.58. The topological polar surface area (TPSA) is 83.3 Å². The van der Waals surface area contributed by atoms with Crippen molar-refractivity contribution in [3.05, 3.63) is 28.7 Å². The molecule has 2 heterocycles. The highest BCUT2D eigenvalue weighted by molar-refractivity contribution is 7.82. The minimum Gasteiger partial charge on any atom is -0.341 e. The molecule has 0 aromatic carbocycles. The third-order valence-electron chi connectivity index (χ3n) is 2.64. The van der Waals surface area contributed by atoms with Gasteiger partial charge in [-0.1, -0.05) is 11.6 Å². The molecular formula is C11H11ClFN3O4S. The molecule has 7 nitrogen and oxygen atoms in total.